The third-order valence-electron chi connectivity index (χ3n) is 8.42. The molecule has 0 amide bonds. The molecule has 0 atom stereocenters. The van der Waals surface area contributed by atoms with Crippen LogP contribution in [0.25, 0.3) is 0 Å². The standard InChI is InChI=1S/C35H44ClF/c1-2-3-4-5-6-7-27-10-18-31(19-11-27)32-20-12-28(13-21-32)8-9-30-15-23-33(35(37)26-30)22-14-29-16-24-34(36)25-17-29/h10-11,15-19,23-26,28,32H,2-9,12-14,20-22H2,1H3/t28-,32-. The first-order chi connectivity index (χ1) is 18.1. The monoisotopic (exact) mass is 518 g/mol. The van der Waals surface area contributed by atoms with Gasteiger partial charge in [-0.1, -0.05) is 92.7 Å². The highest BCUT2D eigenvalue weighted by Crippen LogP contribution is 2.37. The van der Waals surface area contributed by atoms with Crippen molar-refractivity contribution in [2.45, 2.75) is 103 Å². The van der Waals surface area contributed by atoms with Crippen LogP contribution in [0.5, 0.6) is 0 Å². The maximum atomic E-state index is 14.7. The summed E-state index contributed by atoms with van der Waals surface area (Å²) in [5.74, 6) is 1.43. The van der Waals surface area contributed by atoms with Crippen LogP contribution in [0.2, 0.25) is 5.02 Å². The molecule has 0 heterocycles. The van der Waals surface area contributed by atoms with Gasteiger partial charge >= 0.3 is 0 Å². The van der Waals surface area contributed by atoms with Crippen molar-refractivity contribution in [2.75, 3.05) is 0 Å². The van der Waals surface area contributed by atoms with Crippen LogP contribution in [0.4, 0.5) is 4.39 Å². The van der Waals surface area contributed by atoms with Crippen LogP contribution >= 0.6 is 11.6 Å². The molecule has 2 heteroatoms. The number of halogens is 2. The van der Waals surface area contributed by atoms with E-state index in [1.165, 1.54) is 87.3 Å². The molecular weight excluding hydrogens is 475 g/mol. The van der Waals surface area contributed by atoms with Gasteiger partial charge in [-0.15, -0.1) is 0 Å². The Morgan fingerprint density at radius 2 is 1.32 bits per heavy atom. The molecule has 1 fully saturated rings. The molecule has 37 heavy (non-hydrogen) atoms. The summed E-state index contributed by atoms with van der Waals surface area (Å²) >= 11 is 5.96. The Bertz CT molecular complexity index is 1060. The van der Waals surface area contributed by atoms with E-state index in [2.05, 4.69) is 37.3 Å². The van der Waals surface area contributed by atoms with Gasteiger partial charge in [-0.2, -0.15) is 0 Å². The Kier molecular flexibility index (Phi) is 11.1. The molecule has 3 aromatic carbocycles. The largest absolute Gasteiger partial charge is 0.207 e. The van der Waals surface area contributed by atoms with E-state index in [4.69, 9.17) is 11.6 Å². The molecule has 0 aromatic heterocycles. The predicted molar refractivity (Wildman–Crippen MR) is 157 cm³/mol. The molecule has 0 bridgehead atoms. The average molecular weight is 519 g/mol. The highest BCUT2D eigenvalue weighted by molar-refractivity contribution is 6.30. The Hall–Kier alpha value is -2.12. The first-order valence-electron chi connectivity index (χ1n) is 14.7. The minimum absolute atomic E-state index is 0.0559. The first-order valence-corrected chi connectivity index (χ1v) is 15.1. The van der Waals surface area contributed by atoms with Crippen molar-refractivity contribution < 1.29 is 4.39 Å². The Morgan fingerprint density at radius 3 is 2.03 bits per heavy atom. The summed E-state index contributed by atoms with van der Waals surface area (Å²) in [6, 6.07) is 23.3. The number of benzene rings is 3. The molecule has 1 aliphatic carbocycles. The van der Waals surface area contributed by atoms with Gasteiger partial charge in [0, 0.05) is 5.02 Å². The number of aryl methyl sites for hydroxylation is 4. The Labute approximate surface area is 229 Å². The number of hydrogen-bond acceptors (Lipinski definition) is 0. The quantitative estimate of drug-likeness (QED) is 0.197. The second kappa shape index (κ2) is 14.7. The van der Waals surface area contributed by atoms with E-state index in [1.807, 2.05) is 30.3 Å². The fourth-order valence-electron chi connectivity index (χ4n) is 5.92. The molecule has 4 rings (SSSR count). The fourth-order valence-corrected chi connectivity index (χ4v) is 6.05. The molecule has 0 spiro atoms. The third-order valence-corrected chi connectivity index (χ3v) is 8.67. The van der Waals surface area contributed by atoms with Crippen LogP contribution in [-0.2, 0) is 25.7 Å². The summed E-state index contributed by atoms with van der Waals surface area (Å²) in [5, 5.41) is 0.741. The first kappa shape index (κ1) is 27.9. The average Bonchev–Trinajstić information content (AvgIpc) is 2.93. The lowest BCUT2D eigenvalue weighted by molar-refractivity contribution is 0.310. The fraction of sp³-hybridized carbons (Fsp3) is 0.486. The molecule has 198 valence electrons. The number of rotatable bonds is 13. The second-order valence-corrected chi connectivity index (χ2v) is 11.7. The van der Waals surface area contributed by atoms with Crippen LogP contribution in [-0.4, -0.2) is 0 Å². The van der Waals surface area contributed by atoms with Crippen LogP contribution in [0, 0.1) is 11.7 Å². The zero-order valence-corrected chi connectivity index (χ0v) is 23.4. The summed E-state index contributed by atoms with van der Waals surface area (Å²) in [6.45, 7) is 2.28. The molecule has 0 unspecified atom stereocenters. The molecule has 0 N–H and O–H groups in total. The van der Waals surface area contributed by atoms with Crippen molar-refractivity contribution in [3.05, 3.63) is 105 Å². The number of unbranched alkanes of at least 4 members (excludes halogenated alkanes) is 4. The lowest BCUT2D eigenvalue weighted by atomic mass is 9.76. The van der Waals surface area contributed by atoms with E-state index in [1.54, 1.807) is 6.07 Å². The summed E-state index contributed by atoms with van der Waals surface area (Å²) in [4.78, 5) is 0. The summed E-state index contributed by atoms with van der Waals surface area (Å²) in [6.07, 6.45) is 16.9. The minimum Gasteiger partial charge on any atom is -0.207 e. The van der Waals surface area contributed by atoms with E-state index < -0.39 is 0 Å². The van der Waals surface area contributed by atoms with Gasteiger partial charge in [-0.3, -0.25) is 0 Å². The molecular formula is C35H44ClF. The minimum atomic E-state index is -0.0559. The smallest absolute Gasteiger partial charge is 0.126 e. The maximum Gasteiger partial charge on any atom is 0.126 e. The third kappa shape index (κ3) is 8.99. The SMILES string of the molecule is CCCCCCCc1ccc([C@H]2CC[C@H](CCc3ccc(CCc4ccc(Cl)cc4)c(F)c3)CC2)cc1. The zero-order valence-electron chi connectivity index (χ0n) is 22.7. The lowest BCUT2D eigenvalue weighted by Crippen LogP contribution is -2.14. The molecule has 0 saturated heterocycles. The molecule has 0 nitrogen and oxygen atoms in total. The van der Waals surface area contributed by atoms with Gasteiger partial charge in [-0.25, -0.2) is 4.39 Å². The van der Waals surface area contributed by atoms with Gasteiger partial charge in [0.15, 0.2) is 0 Å². The Balaban J connectivity index is 1.17. The molecule has 0 radical (unpaired) electrons. The van der Waals surface area contributed by atoms with Gasteiger partial charge in [0.25, 0.3) is 0 Å². The Morgan fingerprint density at radius 1 is 0.676 bits per heavy atom. The summed E-state index contributed by atoms with van der Waals surface area (Å²) in [7, 11) is 0. The van der Waals surface area contributed by atoms with Gasteiger partial charge in [0.2, 0.25) is 0 Å². The lowest BCUT2D eigenvalue weighted by Gasteiger charge is -2.29. The van der Waals surface area contributed by atoms with Gasteiger partial charge < -0.3 is 0 Å². The van der Waals surface area contributed by atoms with E-state index in [-0.39, 0.29) is 5.82 Å². The normalized spacial score (nSPS) is 17.7. The van der Waals surface area contributed by atoms with Crippen molar-refractivity contribution in [1.29, 1.82) is 0 Å². The van der Waals surface area contributed by atoms with Crippen LogP contribution in [0.15, 0.2) is 66.7 Å². The van der Waals surface area contributed by atoms with Crippen LogP contribution in [0.3, 0.4) is 0 Å². The van der Waals surface area contributed by atoms with Crippen LogP contribution < -0.4 is 0 Å². The summed E-state index contributed by atoms with van der Waals surface area (Å²) < 4.78 is 14.7. The molecule has 3 aromatic rings. The van der Waals surface area contributed by atoms with Gasteiger partial charge in [0.1, 0.15) is 5.82 Å². The predicted octanol–water partition coefficient (Wildman–Crippen LogP) is 10.7. The van der Waals surface area contributed by atoms with Gasteiger partial charge in [-0.05, 0) is 122 Å². The van der Waals surface area contributed by atoms with E-state index in [0.717, 1.165) is 41.3 Å². The second-order valence-electron chi connectivity index (χ2n) is 11.2. The molecule has 0 aliphatic heterocycles. The highest BCUT2D eigenvalue weighted by atomic mass is 35.5. The van der Waals surface area contributed by atoms with E-state index in [0.29, 0.717) is 5.92 Å². The number of hydrogen-bond donors (Lipinski definition) is 0. The molecule has 1 saturated carbocycles. The topological polar surface area (TPSA) is 0 Å². The zero-order chi connectivity index (χ0) is 25.9. The van der Waals surface area contributed by atoms with Crippen molar-refractivity contribution in [1.82, 2.24) is 0 Å². The summed E-state index contributed by atoms with van der Waals surface area (Å²) in [5.41, 5.74) is 6.17. The van der Waals surface area contributed by atoms with Crippen LogP contribution in [0.1, 0.15) is 105 Å². The van der Waals surface area contributed by atoms with Crippen molar-refractivity contribution in [3.63, 3.8) is 0 Å². The molecule has 1 aliphatic rings. The van der Waals surface area contributed by atoms with Crippen molar-refractivity contribution in [3.8, 4) is 0 Å². The van der Waals surface area contributed by atoms with E-state index in [9.17, 15) is 4.39 Å². The van der Waals surface area contributed by atoms with Crippen molar-refractivity contribution >= 4 is 11.6 Å². The van der Waals surface area contributed by atoms with E-state index >= 15 is 0 Å². The van der Waals surface area contributed by atoms with Gasteiger partial charge in [0.05, 0.1) is 0 Å². The maximum absolute atomic E-state index is 14.7. The highest BCUT2D eigenvalue weighted by Gasteiger charge is 2.22. The van der Waals surface area contributed by atoms with Crippen molar-refractivity contribution in [2.24, 2.45) is 5.92 Å².